The van der Waals surface area contributed by atoms with Crippen LogP contribution in [-0.2, 0) is 17.4 Å². The largest absolute Gasteiger partial charge is 0.495 e. The number of carbonyl (C=O) groups excluding carboxylic acids is 1. The van der Waals surface area contributed by atoms with Crippen LogP contribution in [0.5, 0.6) is 11.5 Å². The van der Waals surface area contributed by atoms with Crippen molar-refractivity contribution in [3.63, 3.8) is 0 Å². The van der Waals surface area contributed by atoms with Crippen LogP contribution >= 0.6 is 11.6 Å². The molecule has 0 heterocycles. The number of anilines is 1. The Morgan fingerprint density at radius 1 is 1.12 bits per heavy atom. The Balaban J connectivity index is 2.17. The van der Waals surface area contributed by atoms with Crippen molar-refractivity contribution < 1.29 is 27.4 Å². The van der Waals surface area contributed by atoms with Gasteiger partial charge in [-0.1, -0.05) is 29.8 Å². The van der Waals surface area contributed by atoms with Crippen LogP contribution in [0.4, 0.5) is 18.9 Å². The van der Waals surface area contributed by atoms with Gasteiger partial charge in [-0.05, 0) is 17.7 Å². The molecule has 0 saturated heterocycles. The second kappa shape index (κ2) is 7.65. The molecule has 1 amide bonds. The maximum Gasteiger partial charge on any atom is 0.416 e. The molecule has 0 aliphatic heterocycles. The molecule has 0 radical (unpaired) electrons. The summed E-state index contributed by atoms with van der Waals surface area (Å²) in [6, 6.07) is 7.56. The predicted octanol–water partition coefficient (Wildman–Crippen LogP) is 4.56. The Kier molecular flexibility index (Phi) is 5.79. The standard InChI is InChI=1S/C17H15ClF3NO3/c1-24-14-9-15(25-2)13(8-12(14)18)22-16(23)7-10-4-3-5-11(6-10)17(19,20)21/h3-6,8-9H,7H2,1-2H3,(H,22,23). The van der Waals surface area contributed by atoms with E-state index in [4.69, 9.17) is 21.1 Å². The first-order valence-corrected chi connectivity index (χ1v) is 7.50. The lowest BCUT2D eigenvalue weighted by molar-refractivity contribution is -0.137. The first kappa shape index (κ1) is 18.9. The van der Waals surface area contributed by atoms with E-state index in [-0.39, 0.29) is 17.0 Å². The first-order chi connectivity index (χ1) is 11.7. The maximum atomic E-state index is 12.7. The lowest BCUT2D eigenvalue weighted by Crippen LogP contribution is -2.16. The van der Waals surface area contributed by atoms with Crippen LogP contribution in [0.3, 0.4) is 0 Å². The second-order valence-electron chi connectivity index (χ2n) is 5.11. The van der Waals surface area contributed by atoms with Crippen molar-refractivity contribution in [1.29, 1.82) is 0 Å². The van der Waals surface area contributed by atoms with E-state index in [9.17, 15) is 18.0 Å². The van der Waals surface area contributed by atoms with E-state index < -0.39 is 17.6 Å². The lowest BCUT2D eigenvalue weighted by Gasteiger charge is -2.13. The smallest absolute Gasteiger partial charge is 0.416 e. The minimum atomic E-state index is -4.46. The number of halogens is 4. The van der Waals surface area contributed by atoms with Gasteiger partial charge in [-0.15, -0.1) is 0 Å². The average Bonchev–Trinajstić information content (AvgIpc) is 2.54. The number of ether oxygens (including phenoxy) is 2. The monoisotopic (exact) mass is 373 g/mol. The third-order valence-electron chi connectivity index (χ3n) is 3.37. The number of benzene rings is 2. The van der Waals surface area contributed by atoms with Gasteiger partial charge in [0, 0.05) is 6.07 Å². The highest BCUT2D eigenvalue weighted by molar-refractivity contribution is 6.32. The van der Waals surface area contributed by atoms with Gasteiger partial charge in [-0.2, -0.15) is 13.2 Å². The molecule has 2 aromatic rings. The minimum absolute atomic E-state index is 0.225. The fraction of sp³-hybridized carbons (Fsp3) is 0.235. The Morgan fingerprint density at radius 2 is 1.80 bits per heavy atom. The molecule has 4 nitrogen and oxygen atoms in total. The van der Waals surface area contributed by atoms with Gasteiger partial charge in [-0.3, -0.25) is 4.79 Å². The highest BCUT2D eigenvalue weighted by atomic mass is 35.5. The van der Waals surface area contributed by atoms with E-state index in [1.807, 2.05) is 0 Å². The maximum absolute atomic E-state index is 12.7. The third-order valence-corrected chi connectivity index (χ3v) is 3.66. The number of hydrogen-bond acceptors (Lipinski definition) is 3. The molecular weight excluding hydrogens is 359 g/mol. The van der Waals surface area contributed by atoms with Gasteiger partial charge in [0.05, 0.1) is 36.9 Å². The fourth-order valence-electron chi connectivity index (χ4n) is 2.20. The summed E-state index contributed by atoms with van der Waals surface area (Å²) in [5, 5.41) is 2.84. The zero-order valence-electron chi connectivity index (χ0n) is 13.4. The Morgan fingerprint density at radius 3 is 2.40 bits per heavy atom. The van der Waals surface area contributed by atoms with Crippen molar-refractivity contribution in [2.45, 2.75) is 12.6 Å². The first-order valence-electron chi connectivity index (χ1n) is 7.12. The number of hydrogen-bond donors (Lipinski definition) is 1. The second-order valence-corrected chi connectivity index (χ2v) is 5.52. The number of carbonyl (C=O) groups is 1. The molecular formula is C17H15ClF3NO3. The van der Waals surface area contributed by atoms with Gasteiger partial charge in [0.25, 0.3) is 0 Å². The van der Waals surface area contributed by atoms with E-state index >= 15 is 0 Å². The summed E-state index contributed by atoms with van der Waals surface area (Å²) >= 11 is 6.02. The molecule has 0 saturated carbocycles. The molecule has 0 unspecified atom stereocenters. The number of nitrogens with one attached hydrogen (secondary N) is 1. The van der Waals surface area contributed by atoms with Gasteiger partial charge >= 0.3 is 6.18 Å². The molecule has 25 heavy (non-hydrogen) atoms. The minimum Gasteiger partial charge on any atom is -0.495 e. The zero-order valence-corrected chi connectivity index (χ0v) is 14.2. The van der Waals surface area contributed by atoms with Crippen molar-refractivity contribution in [3.8, 4) is 11.5 Å². The van der Waals surface area contributed by atoms with Crippen molar-refractivity contribution in [3.05, 3.63) is 52.5 Å². The normalized spacial score (nSPS) is 11.1. The fourth-order valence-corrected chi connectivity index (χ4v) is 2.44. The van der Waals surface area contributed by atoms with Crippen LogP contribution in [0.15, 0.2) is 36.4 Å². The molecule has 1 N–H and O–H groups in total. The van der Waals surface area contributed by atoms with Gasteiger partial charge in [0.2, 0.25) is 5.91 Å². The van der Waals surface area contributed by atoms with Crippen molar-refractivity contribution in [2.75, 3.05) is 19.5 Å². The summed E-state index contributed by atoms with van der Waals surface area (Å²) in [5.74, 6) is 0.187. The predicted molar refractivity (Wildman–Crippen MR) is 88.3 cm³/mol. The Bertz CT molecular complexity index is 778. The lowest BCUT2D eigenvalue weighted by atomic mass is 10.1. The van der Waals surface area contributed by atoms with Gasteiger partial charge in [-0.25, -0.2) is 0 Å². The summed E-state index contributed by atoms with van der Waals surface area (Å²) in [5.41, 5.74) is -0.265. The molecule has 0 aliphatic carbocycles. The molecule has 2 aromatic carbocycles. The summed E-state index contributed by atoms with van der Waals surface area (Å²) in [6.07, 6.45) is -4.68. The number of methoxy groups -OCH3 is 2. The summed E-state index contributed by atoms with van der Waals surface area (Å²) in [6.45, 7) is 0. The molecule has 0 fully saturated rings. The third kappa shape index (κ3) is 4.79. The molecule has 0 aromatic heterocycles. The SMILES string of the molecule is COc1cc(OC)c(NC(=O)Cc2cccc(C(F)(F)F)c2)cc1Cl. The average molecular weight is 374 g/mol. The summed E-state index contributed by atoms with van der Waals surface area (Å²) < 4.78 is 48.4. The van der Waals surface area contributed by atoms with Crippen LogP contribution in [0.1, 0.15) is 11.1 Å². The van der Waals surface area contributed by atoms with Crippen LogP contribution in [0.25, 0.3) is 0 Å². The van der Waals surface area contributed by atoms with Gasteiger partial charge in [0.15, 0.2) is 0 Å². The summed E-state index contributed by atoms with van der Waals surface area (Å²) in [7, 11) is 2.84. The molecule has 134 valence electrons. The van der Waals surface area contributed by atoms with Crippen molar-refractivity contribution >= 4 is 23.2 Å². The Labute approximate surface area is 147 Å². The number of amides is 1. The molecule has 8 heteroatoms. The summed E-state index contributed by atoms with van der Waals surface area (Å²) in [4.78, 5) is 12.2. The molecule has 0 spiro atoms. The van der Waals surface area contributed by atoms with Crippen LogP contribution in [0.2, 0.25) is 5.02 Å². The van der Waals surface area contributed by atoms with Crippen LogP contribution in [0, 0.1) is 0 Å². The molecule has 2 rings (SSSR count). The Hall–Kier alpha value is -2.41. The van der Waals surface area contributed by atoms with Gasteiger partial charge in [0.1, 0.15) is 11.5 Å². The number of rotatable bonds is 5. The van der Waals surface area contributed by atoms with E-state index in [1.54, 1.807) is 0 Å². The van der Waals surface area contributed by atoms with E-state index in [2.05, 4.69) is 5.32 Å². The van der Waals surface area contributed by atoms with E-state index in [1.165, 1.54) is 38.5 Å². The highest BCUT2D eigenvalue weighted by Gasteiger charge is 2.30. The van der Waals surface area contributed by atoms with Crippen LogP contribution < -0.4 is 14.8 Å². The number of alkyl halides is 3. The van der Waals surface area contributed by atoms with Crippen molar-refractivity contribution in [2.24, 2.45) is 0 Å². The molecule has 0 aliphatic rings. The quantitative estimate of drug-likeness (QED) is 0.836. The van der Waals surface area contributed by atoms with E-state index in [0.717, 1.165) is 12.1 Å². The van der Waals surface area contributed by atoms with Gasteiger partial charge < -0.3 is 14.8 Å². The highest BCUT2D eigenvalue weighted by Crippen LogP contribution is 2.36. The van der Waals surface area contributed by atoms with E-state index in [0.29, 0.717) is 17.2 Å². The molecule has 0 atom stereocenters. The topological polar surface area (TPSA) is 47.6 Å². The van der Waals surface area contributed by atoms with Crippen LogP contribution in [-0.4, -0.2) is 20.1 Å². The molecule has 0 bridgehead atoms. The van der Waals surface area contributed by atoms with Crippen molar-refractivity contribution in [1.82, 2.24) is 0 Å². The zero-order chi connectivity index (χ0) is 18.6.